The molecular formula is C18H18O3P+. The van der Waals surface area contributed by atoms with Crippen LogP contribution in [0.3, 0.4) is 0 Å². The fourth-order valence-electron chi connectivity index (χ4n) is 1.93. The maximum atomic E-state index is 12.2. The van der Waals surface area contributed by atoms with E-state index in [0.29, 0.717) is 11.5 Å². The minimum Gasteiger partial charge on any atom is -0.222 e. The van der Waals surface area contributed by atoms with Gasteiger partial charge in [-0.25, -0.2) is 9.05 Å². The van der Waals surface area contributed by atoms with Crippen LogP contribution in [0.15, 0.2) is 72.8 Å². The van der Waals surface area contributed by atoms with Crippen LogP contribution in [0.2, 0.25) is 0 Å². The first-order chi connectivity index (χ1) is 10.7. The van der Waals surface area contributed by atoms with Gasteiger partial charge in [-0.3, -0.25) is 0 Å². The van der Waals surface area contributed by atoms with Crippen LogP contribution in [-0.2, 0) is 13.6 Å². The van der Waals surface area contributed by atoms with Gasteiger partial charge >= 0.3 is 8.25 Å². The minimum absolute atomic E-state index is 0.533. The summed E-state index contributed by atoms with van der Waals surface area (Å²) in [5, 5.41) is 0. The zero-order valence-corrected chi connectivity index (χ0v) is 13.5. The second kappa shape index (κ2) is 8.16. The van der Waals surface area contributed by atoms with Crippen molar-refractivity contribution in [3.63, 3.8) is 0 Å². The monoisotopic (exact) mass is 313 g/mol. The maximum Gasteiger partial charge on any atom is 0.805 e. The molecule has 2 aromatic rings. The standard InChI is InChI=1S/C18H18O3P/c1-3-17(15-11-7-5-8-12-15)20-22(19)21-18(4-2)16-13-9-6-10-14-16/h3-14H,1-2H3/q+1/b17-3-,18-4-. The molecule has 3 nitrogen and oxygen atoms in total. The van der Waals surface area contributed by atoms with Crippen LogP contribution in [0.25, 0.3) is 11.5 Å². The van der Waals surface area contributed by atoms with Crippen LogP contribution in [-0.4, -0.2) is 0 Å². The number of allylic oxidation sites excluding steroid dienone is 2. The molecule has 0 aromatic heterocycles. The van der Waals surface area contributed by atoms with Gasteiger partial charge in [0, 0.05) is 15.7 Å². The third kappa shape index (κ3) is 4.31. The van der Waals surface area contributed by atoms with E-state index in [1.165, 1.54) is 0 Å². The van der Waals surface area contributed by atoms with E-state index < -0.39 is 8.25 Å². The molecule has 0 aliphatic heterocycles. The second-order valence-electron chi connectivity index (χ2n) is 4.44. The van der Waals surface area contributed by atoms with E-state index in [0.717, 1.165) is 11.1 Å². The van der Waals surface area contributed by atoms with Crippen LogP contribution >= 0.6 is 8.25 Å². The average molecular weight is 313 g/mol. The summed E-state index contributed by atoms with van der Waals surface area (Å²) in [6, 6.07) is 19.0. The van der Waals surface area contributed by atoms with E-state index in [2.05, 4.69) is 0 Å². The molecule has 0 bridgehead atoms. The van der Waals surface area contributed by atoms with Crippen molar-refractivity contribution < 1.29 is 13.6 Å². The van der Waals surface area contributed by atoms with Crippen molar-refractivity contribution in [1.29, 1.82) is 0 Å². The van der Waals surface area contributed by atoms with E-state index in [-0.39, 0.29) is 0 Å². The van der Waals surface area contributed by atoms with Gasteiger partial charge in [-0.2, -0.15) is 0 Å². The highest BCUT2D eigenvalue weighted by Gasteiger charge is 2.27. The first-order valence-electron chi connectivity index (χ1n) is 7.01. The molecule has 0 saturated carbocycles. The molecule has 4 heteroatoms. The quantitative estimate of drug-likeness (QED) is 0.499. The first-order valence-corrected chi connectivity index (χ1v) is 8.10. The van der Waals surface area contributed by atoms with Crippen LogP contribution in [0.1, 0.15) is 25.0 Å². The number of rotatable bonds is 6. The van der Waals surface area contributed by atoms with Crippen molar-refractivity contribution >= 4 is 19.8 Å². The molecule has 0 unspecified atom stereocenters. The Labute approximate surface area is 131 Å². The molecule has 0 spiro atoms. The van der Waals surface area contributed by atoms with Crippen molar-refractivity contribution in [3.8, 4) is 0 Å². The Morgan fingerprint density at radius 3 is 1.45 bits per heavy atom. The summed E-state index contributed by atoms with van der Waals surface area (Å²) >= 11 is 0. The SMILES string of the molecule is C/C=C(\O[P+](=O)O/C(=C\C)c1ccccc1)c1ccccc1. The zero-order chi connectivity index (χ0) is 15.8. The smallest absolute Gasteiger partial charge is 0.222 e. The number of hydrogen-bond acceptors (Lipinski definition) is 3. The van der Waals surface area contributed by atoms with Gasteiger partial charge in [0.1, 0.15) is 0 Å². The lowest BCUT2D eigenvalue weighted by Gasteiger charge is -2.02. The fourth-order valence-corrected chi connectivity index (χ4v) is 2.71. The summed E-state index contributed by atoms with van der Waals surface area (Å²) < 4.78 is 23.0. The third-order valence-corrected chi connectivity index (χ3v) is 3.68. The van der Waals surface area contributed by atoms with Gasteiger partial charge in [0.2, 0.25) is 0 Å². The lowest BCUT2D eigenvalue weighted by Crippen LogP contribution is -1.89. The minimum atomic E-state index is -2.30. The molecule has 0 saturated heterocycles. The predicted octanol–water partition coefficient (Wildman–Crippen LogP) is 5.80. The molecule has 0 radical (unpaired) electrons. The number of hydrogen-bond donors (Lipinski definition) is 0. The molecule has 112 valence electrons. The van der Waals surface area contributed by atoms with Crippen molar-refractivity contribution in [2.24, 2.45) is 0 Å². The molecule has 22 heavy (non-hydrogen) atoms. The Balaban J connectivity index is 2.06. The Morgan fingerprint density at radius 1 is 0.773 bits per heavy atom. The van der Waals surface area contributed by atoms with Gasteiger partial charge in [-0.15, -0.1) is 0 Å². The van der Waals surface area contributed by atoms with Crippen molar-refractivity contribution in [2.45, 2.75) is 13.8 Å². The molecule has 2 aromatic carbocycles. The van der Waals surface area contributed by atoms with E-state index in [1.54, 1.807) is 12.2 Å². The Morgan fingerprint density at radius 2 is 1.14 bits per heavy atom. The highest BCUT2D eigenvalue weighted by Crippen LogP contribution is 2.37. The molecule has 0 amide bonds. The molecule has 0 fully saturated rings. The molecule has 0 aliphatic carbocycles. The number of benzene rings is 2. The van der Waals surface area contributed by atoms with Gasteiger partial charge in [-0.05, 0) is 26.0 Å². The summed E-state index contributed by atoms with van der Waals surface area (Å²) in [6.07, 6.45) is 3.54. The van der Waals surface area contributed by atoms with Crippen LogP contribution in [0, 0.1) is 0 Å². The maximum absolute atomic E-state index is 12.2. The lowest BCUT2D eigenvalue weighted by molar-refractivity contribution is 0.381. The van der Waals surface area contributed by atoms with Crippen molar-refractivity contribution in [2.75, 3.05) is 0 Å². The lowest BCUT2D eigenvalue weighted by atomic mass is 10.2. The van der Waals surface area contributed by atoms with Crippen molar-refractivity contribution in [3.05, 3.63) is 83.9 Å². The van der Waals surface area contributed by atoms with Gasteiger partial charge < -0.3 is 0 Å². The highest BCUT2D eigenvalue weighted by atomic mass is 31.1. The molecule has 0 heterocycles. The third-order valence-electron chi connectivity index (χ3n) is 2.99. The summed E-state index contributed by atoms with van der Waals surface area (Å²) in [5.41, 5.74) is 1.72. The zero-order valence-electron chi connectivity index (χ0n) is 12.6. The summed E-state index contributed by atoms with van der Waals surface area (Å²) in [6.45, 7) is 3.67. The molecule has 0 atom stereocenters. The van der Waals surface area contributed by atoms with Crippen molar-refractivity contribution in [1.82, 2.24) is 0 Å². The summed E-state index contributed by atoms with van der Waals surface area (Å²) in [4.78, 5) is 0. The van der Waals surface area contributed by atoms with Gasteiger partial charge in [-0.1, -0.05) is 60.7 Å². The van der Waals surface area contributed by atoms with Crippen LogP contribution < -0.4 is 0 Å². The fraction of sp³-hybridized carbons (Fsp3) is 0.111. The van der Waals surface area contributed by atoms with E-state index in [4.69, 9.17) is 9.05 Å². The predicted molar refractivity (Wildman–Crippen MR) is 90.0 cm³/mol. The molecular weight excluding hydrogens is 295 g/mol. The van der Waals surface area contributed by atoms with Crippen LogP contribution in [0.5, 0.6) is 0 Å². The molecule has 0 N–H and O–H groups in total. The highest BCUT2D eigenvalue weighted by molar-refractivity contribution is 7.34. The van der Waals surface area contributed by atoms with Gasteiger partial charge in [0.25, 0.3) is 0 Å². The largest absolute Gasteiger partial charge is 0.805 e. The average Bonchev–Trinajstić information content (AvgIpc) is 2.59. The van der Waals surface area contributed by atoms with Crippen LogP contribution in [0.4, 0.5) is 0 Å². The Hall–Kier alpha value is -2.38. The Kier molecular flexibility index (Phi) is 5.93. The van der Waals surface area contributed by atoms with E-state index in [9.17, 15) is 4.57 Å². The van der Waals surface area contributed by atoms with E-state index >= 15 is 0 Å². The first kappa shape index (κ1) is 16.0. The molecule has 2 rings (SSSR count). The second-order valence-corrected chi connectivity index (χ2v) is 5.26. The Bertz CT molecular complexity index is 616. The topological polar surface area (TPSA) is 35.5 Å². The summed E-state index contributed by atoms with van der Waals surface area (Å²) in [5.74, 6) is 1.07. The van der Waals surface area contributed by atoms with Gasteiger partial charge in [0.15, 0.2) is 11.5 Å². The summed E-state index contributed by atoms with van der Waals surface area (Å²) in [7, 11) is -2.30. The van der Waals surface area contributed by atoms with E-state index in [1.807, 2.05) is 74.5 Å². The van der Waals surface area contributed by atoms with Gasteiger partial charge in [0.05, 0.1) is 0 Å². The molecule has 0 aliphatic rings. The normalized spacial score (nSPS) is 11.9.